The first kappa shape index (κ1) is 20.1. The van der Waals surface area contributed by atoms with Crippen LogP contribution in [0.4, 0.5) is 5.69 Å². The predicted octanol–water partition coefficient (Wildman–Crippen LogP) is 4.69. The van der Waals surface area contributed by atoms with Gasteiger partial charge in [0.05, 0.1) is 17.2 Å². The van der Waals surface area contributed by atoms with Crippen LogP contribution < -0.4 is 14.4 Å². The van der Waals surface area contributed by atoms with Crippen molar-refractivity contribution in [2.45, 2.75) is 11.7 Å². The molecular formula is C21H18N4O3S3. The van der Waals surface area contributed by atoms with Gasteiger partial charge in [-0.3, -0.25) is 9.89 Å². The van der Waals surface area contributed by atoms with Gasteiger partial charge < -0.3 is 14.4 Å². The second kappa shape index (κ2) is 9.13. The molecule has 0 saturated heterocycles. The van der Waals surface area contributed by atoms with Crippen molar-refractivity contribution in [1.29, 1.82) is 0 Å². The third-order valence-corrected chi connectivity index (χ3v) is 7.15. The highest BCUT2D eigenvalue weighted by Crippen LogP contribution is 2.35. The number of carbonyl (C=O) groups is 1. The van der Waals surface area contributed by atoms with E-state index >= 15 is 0 Å². The number of aromatic amines is 1. The maximum Gasteiger partial charge on any atom is 0.237 e. The Bertz CT molecular complexity index is 1160. The Balaban J connectivity index is 1.33. The zero-order valence-electron chi connectivity index (χ0n) is 16.3. The number of aromatic nitrogens is 3. The van der Waals surface area contributed by atoms with Crippen LogP contribution in [0, 0.1) is 0 Å². The minimum absolute atomic E-state index is 0.0300. The number of rotatable bonds is 7. The second-order valence-electron chi connectivity index (χ2n) is 6.62. The van der Waals surface area contributed by atoms with Gasteiger partial charge in [-0.25, -0.2) is 4.98 Å². The molecule has 0 spiro atoms. The number of benzene rings is 1. The molecular weight excluding hydrogens is 452 g/mol. The van der Waals surface area contributed by atoms with Gasteiger partial charge in [0.15, 0.2) is 17.3 Å². The van der Waals surface area contributed by atoms with E-state index < -0.39 is 0 Å². The molecule has 1 aliphatic heterocycles. The normalized spacial score (nSPS) is 12.6. The largest absolute Gasteiger partial charge is 0.486 e. The predicted molar refractivity (Wildman–Crippen MR) is 123 cm³/mol. The van der Waals surface area contributed by atoms with Crippen molar-refractivity contribution in [3.05, 3.63) is 58.1 Å². The number of hydrogen-bond donors (Lipinski definition) is 1. The lowest BCUT2D eigenvalue weighted by molar-refractivity contribution is -0.116. The van der Waals surface area contributed by atoms with E-state index in [4.69, 9.17) is 9.47 Å². The average molecular weight is 471 g/mol. The van der Waals surface area contributed by atoms with Crippen molar-refractivity contribution in [3.63, 3.8) is 0 Å². The average Bonchev–Trinajstić information content (AvgIpc) is 3.58. The number of thiophene rings is 2. The van der Waals surface area contributed by atoms with E-state index in [1.807, 2.05) is 53.2 Å². The number of H-pyrrole nitrogens is 1. The molecule has 5 rings (SSSR count). The number of nitrogens with one attached hydrogen (secondary N) is 1. The standard InChI is InChI=1S/C21H18N4O3S3/c26-19(13-31-21-22-20(23-24-21)18-4-2-10-30-18)25(12-15-3-1-9-29-15)14-5-6-16-17(11-14)28-8-7-27-16/h1-6,9-11H,7-8,12-13H2,(H,22,23,24). The van der Waals surface area contributed by atoms with E-state index in [0.717, 1.165) is 15.4 Å². The Morgan fingerprint density at radius 3 is 2.74 bits per heavy atom. The summed E-state index contributed by atoms with van der Waals surface area (Å²) in [5, 5.41) is 11.7. The highest BCUT2D eigenvalue weighted by molar-refractivity contribution is 7.99. The van der Waals surface area contributed by atoms with Gasteiger partial charge in [-0.15, -0.1) is 27.8 Å². The molecule has 158 valence electrons. The Morgan fingerprint density at radius 2 is 1.94 bits per heavy atom. The third kappa shape index (κ3) is 4.60. The number of thioether (sulfide) groups is 1. The van der Waals surface area contributed by atoms with E-state index in [-0.39, 0.29) is 11.7 Å². The lowest BCUT2D eigenvalue weighted by atomic mass is 10.2. The number of carbonyl (C=O) groups excluding carboxylic acids is 1. The first-order valence-corrected chi connectivity index (χ1v) is 12.3. The van der Waals surface area contributed by atoms with Gasteiger partial charge in [-0.2, -0.15) is 0 Å². The number of anilines is 1. The van der Waals surface area contributed by atoms with Crippen molar-refractivity contribution in [2.24, 2.45) is 0 Å². The van der Waals surface area contributed by atoms with Crippen LogP contribution in [0.25, 0.3) is 10.7 Å². The summed E-state index contributed by atoms with van der Waals surface area (Å²) in [7, 11) is 0. The molecule has 1 N–H and O–H groups in total. The van der Waals surface area contributed by atoms with Crippen LogP contribution in [0.5, 0.6) is 11.5 Å². The molecule has 0 unspecified atom stereocenters. The van der Waals surface area contributed by atoms with Gasteiger partial charge in [0.1, 0.15) is 13.2 Å². The van der Waals surface area contributed by atoms with E-state index in [1.165, 1.54) is 11.8 Å². The van der Waals surface area contributed by atoms with Crippen molar-refractivity contribution in [2.75, 3.05) is 23.9 Å². The molecule has 7 nitrogen and oxygen atoms in total. The first-order chi connectivity index (χ1) is 15.3. The SMILES string of the molecule is O=C(CSc1n[nH]c(-c2cccs2)n1)N(Cc1cccs1)c1ccc2c(c1)OCCO2. The van der Waals surface area contributed by atoms with Crippen molar-refractivity contribution in [1.82, 2.24) is 15.2 Å². The highest BCUT2D eigenvalue weighted by Gasteiger charge is 2.21. The molecule has 3 aromatic heterocycles. The maximum absolute atomic E-state index is 13.2. The molecule has 4 heterocycles. The Kier molecular flexibility index (Phi) is 5.92. The van der Waals surface area contributed by atoms with Crippen molar-refractivity contribution in [3.8, 4) is 22.2 Å². The fourth-order valence-corrected chi connectivity index (χ4v) is 5.15. The van der Waals surface area contributed by atoms with Gasteiger partial charge in [-0.1, -0.05) is 23.9 Å². The monoisotopic (exact) mass is 470 g/mol. The number of ether oxygens (including phenoxy) is 2. The Labute approximate surface area is 191 Å². The minimum Gasteiger partial charge on any atom is -0.486 e. The number of amides is 1. The molecule has 0 fully saturated rings. The van der Waals surface area contributed by atoms with Crippen LogP contribution in [0.15, 0.2) is 58.4 Å². The molecule has 4 aromatic rings. The summed E-state index contributed by atoms with van der Waals surface area (Å²) in [6.07, 6.45) is 0. The smallest absolute Gasteiger partial charge is 0.237 e. The van der Waals surface area contributed by atoms with Gasteiger partial charge in [0.2, 0.25) is 11.1 Å². The molecule has 0 radical (unpaired) electrons. The summed E-state index contributed by atoms with van der Waals surface area (Å²) >= 11 is 4.53. The van der Waals surface area contributed by atoms with Crippen molar-refractivity contribution < 1.29 is 14.3 Å². The Morgan fingerprint density at radius 1 is 1.10 bits per heavy atom. The summed E-state index contributed by atoms with van der Waals surface area (Å²) in [6, 6.07) is 13.6. The van der Waals surface area contributed by atoms with Gasteiger partial charge >= 0.3 is 0 Å². The fourth-order valence-electron chi connectivity index (χ4n) is 3.12. The van der Waals surface area contributed by atoms with Gasteiger partial charge in [0, 0.05) is 16.6 Å². The van der Waals surface area contributed by atoms with Crippen LogP contribution in [0.3, 0.4) is 0 Å². The summed E-state index contributed by atoms with van der Waals surface area (Å²) < 4.78 is 11.3. The summed E-state index contributed by atoms with van der Waals surface area (Å²) in [4.78, 5) is 21.6. The van der Waals surface area contributed by atoms with E-state index in [0.29, 0.717) is 42.2 Å². The summed E-state index contributed by atoms with van der Waals surface area (Å²) in [5.74, 6) is 2.27. The molecule has 0 atom stereocenters. The summed E-state index contributed by atoms with van der Waals surface area (Å²) in [6.45, 7) is 1.53. The van der Waals surface area contributed by atoms with E-state index in [2.05, 4.69) is 15.2 Å². The lowest BCUT2D eigenvalue weighted by Crippen LogP contribution is -2.31. The van der Waals surface area contributed by atoms with Crippen LogP contribution in [0.2, 0.25) is 0 Å². The minimum atomic E-state index is -0.0300. The first-order valence-electron chi connectivity index (χ1n) is 9.58. The van der Waals surface area contributed by atoms with Gasteiger partial charge in [0.25, 0.3) is 0 Å². The molecule has 1 aliphatic rings. The number of nitrogens with zero attached hydrogens (tertiary/aromatic N) is 3. The zero-order valence-corrected chi connectivity index (χ0v) is 18.8. The third-order valence-electron chi connectivity index (χ3n) is 4.58. The second-order valence-corrected chi connectivity index (χ2v) is 9.54. The molecule has 10 heteroatoms. The topological polar surface area (TPSA) is 80.3 Å². The molecule has 1 amide bonds. The number of hydrogen-bond acceptors (Lipinski definition) is 8. The van der Waals surface area contributed by atoms with Crippen LogP contribution in [-0.2, 0) is 11.3 Å². The van der Waals surface area contributed by atoms with Gasteiger partial charge in [-0.05, 0) is 35.0 Å². The summed E-state index contributed by atoms with van der Waals surface area (Å²) in [5.41, 5.74) is 0.775. The van der Waals surface area contributed by atoms with Crippen molar-refractivity contribution >= 4 is 46.0 Å². The van der Waals surface area contributed by atoms with Crippen LogP contribution in [0.1, 0.15) is 4.88 Å². The van der Waals surface area contributed by atoms with Crippen LogP contribution in [-0.4, -0.2) is 40.1 Å². The highest BCUT2D eigenvalue weighted by atomic mass is 32.2. The Hall–Kier alpha value is -2.82. The molecule has 1 aromatic carbocycles. The molecule has 31 heavy (non-hydrogen) atoms. The molecule has 0 saturated carbocycles. The quantitative estimate of drug-likeness (QED) is 0.395. The van der Waals surface area contributed by atoms with E-state index in [9.17, 15) is 4.79 Å². The zero-order chi connectivity index (χ0) is 21.0. The fraction of sp³-hybridized carbons (Fsp3) is 0.190. The molecule has 0 aliphatic carbocycles. The lowest BCUT2D eigenvalue weighted by Gasteiger charge is -2.25. The van der Waals surface area contributed by atoms with E-state index in [1.54, 1.807) is 27.6 Å². The van der Waals surface area contributed by atoms with Crippen LogP contribution >= 0.6 is 34.4 Å². The molecule has 0 bridgehead atoms. The number of fused-ring (bicyclic) bond motifs is 1. The maximum atomic E-state index is 13.2.